The molecule has 0 bridgehead atoms. The normalized spacial score (nSPS) is 11.0. The third-order valence-electron chi connectivity index (χ3n) is 5.81. The van der Waals surface area contributed by atoms with Crippen molar-refractivity contribution in [2.45, 2.75) is 26.4 Å². The molecule has 0 radical (unpaired) electrons. The van der Waals surface area contributed by atoms with Crippen LogP contribution in [0.5, 0.6) is 5.75 Å². The van der Waals surface area contributed by atoms with Gasteiger partial charge in [-0.1, -0.05) is 66.7 Å². The van der Waals surface area contributed by atoms with Crippen LogP contribution in [0, 0.1) is 17.5 Å². The molecule has 4 aromatic rings. The highest BCUT2D eigenvalue weighted by Crippen LogP contribution is 2.32. The highest BCUT2D eigenvalue weighted by atomic mass is 19.2. The predicted molar refractivity (Wildman–Crippen MR) is 128 cm³/mol. The number of hydrogen-bond donors (Lipinski definition) is 1. The zero-order valence-electron chi connectivity index (χ0n) is 18.8. The molecule has 2 nitrogen and oxygen atoms in total. The van der Waals surface area contributed by atoms with Crippen LogP contribution in [0.1, 0.15) is 23.6 Å². The molecular weight excluding hydrogens is 437 g/mol. The summed E-state index contributed by atoms with van der Waals surface area (Å²) in [6.45, 7) is 2.22. The summed E-state index contributed by atoms with van der Waals surface area (Å²) >= 11 is 0. The Morgan fingerprint density at radius 2 is 1.24 bits per heavy atom. The van der Waals surface area contributed by atoms with Crippen molar-refractivity contribution >= 4 is 0 Å². The van der Waals surface area contributed by atoms with E-state index in [1.807, 2.05) is 19.1 Å². The van der Waals surface area contributed by atoms with E-state index in [1.165, 1.54) is 6.07 Å². The Balaban J connectivity index is 1.48. The minimum Gasteiger partial charge on any atom is -0.494 e. The molecule has 0 aromatic heterocycles. The third kappa shape index (κ3) is 5.15. The fourth-order valence-corrected chi connectivity index (χ4v) is 3.90. The number of aryl methyl sites for hydroxylation is 2. The Labute approximate surface area is 197 Å². The maximum Gasteiger partial charge on any atom is 0.167 e. The Kier molecular flexibility index (Phi) is 7.33. The minimum atomic E-state index is -0.913. The first-order valence-electron chi connectivity index (χ1n) is 11.2. The fraction of sp³-hybridized carbons (Fsp3) is 0.172. The molecule has 0 atom stereocenters. The van der Waals surface area contributed by atoms with Gasteiger partial charge in [0.05, 0.1) is 13.2 Å². The largest absolute Gasteiger partial charge is 0.494 e. The van der Waals surface area contributed by atoms with E-state index >= 15 is 0 Å². The lowest BCUT2D eigenvalue weighted by Gasteiger charge is -2.11. The van der Waals surface area contributed by atoms with Crippen molar-refractivity contribution in [2.75, 3.05) is 6.61 Å². The number of benzene rings is 4. The monoisotopic (exact) mass is 462 g/mol. The van der Waals surface area contributed by atoms with Gasteiger partial charge < -0.3 is 9.84 Å². The van der Waals surface area contributed by atoms with Gasteiger partial charge in [-0.2, -0.15) is 0 Å². The summed E-state index contributed by atoms with van der Waals surface area (Å²) in [6, 6.07) is 21.9. The molecule has 0 saturated heterocycles. The molecular formula is C29H25F3O2. The Morgan fingerprint density at radius 3 is 1.74 bits per heavy atom. The van der Waals surface area contributed by atoms with Crippen molar-refractivity contribution in [3.05, 3.63) is 113 Å². The maximum absolute atomic E-state index is 14.9. The summed E-state index contributed by atoms with van der Waals surface area (Å²) in [4.78, 5) is 0. The Morgan fingerprint density at radius 1 is 0.676 bits per heavy atom. The van der Waals surface area contributed by atoms with Crippen LogP contribution in [0.15, 0.2) is 78.9 Å². The lowest BCUT2D eigenvalue weighted by Crippen LogP contribution is -1.98. The summed E-state index contributed by atoms with van der Waals surface area (Å²) in [5.74, 6) is -1.61. The van der Waals surface area contributed by atoms with E-state index in [-0.39, 0.29) is 23.6 Å². The second-order valence-corrected chi connectivity index (χ2v) is 8.03. The number of halogens is 3. The molecule has 0 heterocycles. The third-order valence-corrected chi connectivity index (χ3v) is 5.81. The van der Waals surface area contributed by atoms with Gasteiger partial charge in [0.1, 0.15) is 11.6 Å². The van der Waals surface area contributed by atoms with Gasteiger partial charge in [0.25, 0.3) is 0 Å². The van der Waals surface area contributed by atoms with Gasteiger partial charge >= 0.3 is 0 Å². The van der Waals surface area contributed by atoms with Crippen LogP contribution in [0.25, 0.3) is 22.3 Å². The summed E-state index contributed by atoms with van der Waals surface area (Å²) in [5, 5.41) is 9.16. The molecule has 0 unspecified atom stereocenters. The van der Waals surface area contributed by atoms with Gasteiger partial charge in [-0.3, -0.25) is 0 Å². The maximum atomic E-state index is 14.9. The van der Waals surface area contributed by atoms with E-state index in [2.05, 4.69) is 0 Å². The van der Waals surface area contributed by atoms with Crippen LogP contribution < -0.4 is 4.74 Å². The first-order chi connectivity index (χ1) is 16.5. The molecule has 0 saturated carbocycles. The molecule has 0 amide bonds. The average molecular weight is 463 g/mol. The second kappa shape index (κ2) is 10.6. The number of rotatable bonds is 8. The van der Waals surface area contributed by atoms with E-state index in [1.54, 1.807) is 60.7 Å². The van der Waals surface area contributed by atoms with Crippen molar-refractivity contribution in [1.29, 1.82) is 0 Å². The number of aliphatic hydroxyl groups is 1. The van der Waals surface area contributed by atoms with Crippen LogP contribution in [-0.4, -0.2) is 11.7 Å². The highest BCUT2D eigenvalue weighted by Gasteiger charge is 2.16. The minimum absolute atomic E-state index is 0.110. The lowest BCUT2D eigenvalue weighted by molar-refractivity contribution is 0.282. The number of ether oxygens (including phenoxy) is 1. The highest BCUT2D eigenvalue weighted by molar-refractivity contribution is 5.72. The predicted octanol–water partition coefficient (Wildman–Crippen LogP) is 7.11. The molecule has 174 valence electrons. The Bertz CT molecular complexity index is 1270. The second-order valence-electron chi connectivity index (χ2n) is 8.03. The van der Waals surface area contributed by atoms with Gasteiger partial charge in [-0.15, -0.1) is 0 Å². The van der Waals surface area contributed by atoms with Gasteiger partial charge in [-0.05, 0) is 53.6 Å². The van der Waals surface area contributed by atoms with Crippen molar-refractivity contribution < 1.29 is 23.0 Å². The van der Waals surface area contributed by atoms with Crippen molar-refractivity contribution in [3.63, 3.8) is 0 Å². The van der Waals surface area contributed by atoms with E-state index in [0.29, 0.717) is 47.5 Å². The molecule has 5 heteroatoms. The van der Waals surface area contributed by atoms with E-state index in [9.17, 15) is 13.2 Å². The van der Waals surface area contributed by atoms with Crippen molar-refractivity contribution in [2.24, 2.45) is 0 Å². The Hall–Kier alpha value is -3.57. The molecule has 1 N–H and O–H groups in total. The molecule has 0 aliphatic heterocycles. The lowest BCUT2D eigenvalue weighted by atomic mass is 9.96. The SMILES string of the molecule is CCOc1ccc(CCc2ccc(-c3ccc(-c4ccc(CO)cc4)c(F)c3F)cc2)c(F)c1. The van der Waals surface area contributed by atoms with Gasteiger partial charge in [-0.25, -0.2) is 13.2 Å². The molecule has 0 fully saturated rings. The number of aliphatic hydroxyl groups excluding tert-OH is 1. The molecule has 4 rings (SSSR count). The van der Waals surface area contributed by atoms with Crippen LogP contribution >= 0.6 is 0 Å². The fourth-order valence-electron chi connectivity index (χ4n) is 3.90. The van der Waals surface area contributed by atoms with E-state index in [0.717, 1.165) is 5.56 Å². The molecule has 0 aliphatic rings. The quantitative estimate of drug-likeness (QED) is 0.302. The smallest absolute Gasteiger partial charge is 0.167 e. The van der Waals surface area contributed by atoms with E-state index in [4.69, 9.17) is 9.84 Å². The summed E-state index contributed by atoms with van der Waals surface area (Å²) in [5.41, 5.74) is 3.72. The van der Waals surface area contributed by atoms with Crippen LogP contribution in [0.3, 0.4) is 0 Å². The zero-order valence-corrected chi connectivity index (χ0v) is 18.8. The van der Waals surface area contributed by atoms with E-state index < -0.39 is 11.6 Å². The molecule has 34 heavy (non-hydrogen) atoms. The molecule has 4 aromatic carbocycles. The first kappa shape index (κ1) is 23.6. The van der Waals surface area contributed by atoms with Gasteiger partial charge in [0, 0.05) is 17.2 Å². The molecule has 0 aliphatic carbocycles. The number of hydrogen-bond acceptors (Lipinski definition) is 2. The van der Waals surface area contributed by atoms with Crippen LogP contribution in [0.2, 0.25) is 0 Å². The zero-order chi connectivity index (χ0) is 24.1. The van der Waals surface area contributed by atoms with Crippen molar-refractivity contribution in [1.82, 2.24) is 0 Å². The first-order valence-corrected chi connectivity index (χ1v) is 11.2. The van der Waals surface area contributed by atoms with Crippen LogP contribution in [-0.2, 0) is 19.4 Å². The summed E-state index contributed by atoms with van der Waals surface area (Å²) in [7, 11) is 0. The summed E-state index contributed by atoms with van der Waals surface area (Å²) in [6.07, 6.45) is 1.13. The van der Waals surface area contributed by atoms with Crippen LogP contribution in [0.4, 0.5) is 13.2 Å². The van der Waals surface area contributed by atoms with Crippen molar-refractivity contribution in [3.8, 4) is 28.0 Å². The van der Waals surface area contributed by atoms with Gasteiger partial charge in [0.2, 0.25) is 0 Å². The molecule has 0 spiro atoms. The topological polar surface area (TPSA) is 29.5 Å². The summed E-state index contributed by atoms with van der Waals surface area (Å²) < 4.78 is 49.3. The van der Waals surface area contributed by atoms with Gasteiger partial charge in [0.15, 0.2) is 11.6 Å². The average Bonchev–Trinajstić information content (AvgIpc) is 2.86. The standard InChI is InChI=1S/C29H25F3O2/c1-2-34-24-14-13-23(27(30)17-24)12-5-19-3-8-21(9-4-19)25-15-16-26(29(32)28(25)31)22-10-6-20(18-33)7-11-22/h3-4,6-11,13-17,33H,2,5,12,18H2,1H3.